The lowest BCUT2D eigenvalue weighted by Gasteiger charge is -2.17. The summed E-state index contributed by atoms with van der Waals surface area (Å²) in [6, 6.07) is 21.6. The van der Waals surface area contributed by atoms with Crippen molar-refractivity contribution in [2.45, 2.75) is 26.2 Å². The first-order valence-electron chi connectivity index (χ1n) is 16.0. The van der Waals surface area contributed by atoms with Crippen molar-refractivity contribution in [3.63, 3.8) is 0 Å². The molecule has 4 aromatic rings. The minimum atomic E-state index is 0.0123. The van der Waals surface area contributed by atoms with Crippen LogP contribution in [-0.2, 0) is 38.4 Å². The molecule has 4 aromatic carbocycles. The Labute approximate surface area is 326 Å². The lowest BCUT2D eigenvalue weighted by molar-refractivity contribution is -0.122. The van der Waals surface area contributed by atoms with Gasteiger partial charge < -0.3 is 29.8 Å². The maximum absolute atomic E-state index is 11.4. The van der Waals surface area contributed by atoms with E-state index in [1.807, 2.05) is 43.3 Å². The van der Waals surface area contributed by atoms with E-state index in [0.29, 0.717) is 54.0 Å². The van der Waals surface area contributed by atoms with E-state index in [0.717, 1.165) is 42.7 Å². The number of carbonyl (C=O) groups excluding carboxylic acids is 4. The van der Waals surface area contributed by atoms with Crippen LogP contribution in [0.25, 0.3) is 5.76 Å². The van der Waals surface area contributed by atoms with Crippen molar-refractivity contribution in [3.8, 4) is 23.0 Å². The van der Waals surface area contributed by atoms with E-state index < -0.39 is 0 Å². The lowest BCUT2D eigenvalue weighted by atomic mass is 10.0. The molecule has 3 N–H and O–H groups in total. The highest BCUT2D eigenvalue weighted by atomic mass is 79.9. The van der Waals surface area contributed by atoms with Crippen LogP contribution < -0.4 is 19.9 Å². The van der Waals surface area contributed by atoms with Gasteiger partial charge in [-0.2, -0.15) is 0 Å². The molecule has 0 aromatic heterocycles. The van der Waals surface area contributed by atoms with Gasteiger partial charge in [-0.1, -0.05) is 84.7 Å². The molecule has 0 saturated carbocycles. The minimum Gasteiger partial charge on any atom is -0.506 e. The van der Waals surface area contributed by atoms with E-state index in [4.69, 9.17) is 29.8 Å². The number of hydrogen-bond acceptors (Lipinski definition) is 10. The Balaban J connectivity index is 0.000000158. The third-order valence-electron chi connectivity index (χ3n) is 7.57. The lowest BCUT2D eigenvalue weighted by Crippen LogP contribution is -2.20. The third kappa shape index (κ3) is 11.8. The molecule has 0 spiro atoms. The number of phenolic OH excluding ortho intramolecular Hbond substituents is 1. The van der Waals surface area contributed by atoms with Gasteiger partial charge in [-0.15, -0.1) is 0 Å². The fourth-order valence-corrected chi connectivity index (χ4v) is 5.96. The number of anilines is 1. The molecule has 3 aliphatic heterocycles. The van der Waals surface area contributed by atoms with Crippen molar-refractivity contribution in [2.75, 3.05) is 37.5 Å². The summed E-state index contributed by atoms with van der Waals surface area (Å²) in [5, 5.41) is 9.24. The molecule has 0 fully saturated rings. The van der Waals surface area contributed by atoms with Crippen LogP contribution in [0.5, 0.6) is 23.0 Å². The molecule has 10 nitrogen and oxygen atoms in total. The number of nitrogens with two attached hydrogens (primary N) is 1. The quantitative estimate of drug-likeness (QED) is 0.0672. The average Bonchev–Trinajstić information content (AvgIpc) is 3.13. The Kier molecular flexibility index (Phi) is 15.0. The van der Waals surface area contributed by atoms with Crippen molar-refractivity contribution in [1.82, 2.24) is 0 Å². The summed E-state index contributed by atoms with van der Waals surface area (Å²) in [4.78, 5) is 44.6. The first kappa shape index (κ1) is 40.3. The maximum atomic E-state index is 11.4. The summed E-state index contributed by atoms with van der Waals surface area (Å²) in [7, 11) is 0. The molecule has 3 heterocycles. The zero-order valence-electron chi connectivity index (χ0n) is 28.2. The first-order chi connectivity index (χ1) is 24.9. The van der Waals surface area contributed by atoms with Crippen LogP contribution in [0.2, 0.25) is 0 Å². The van der Waals surface area contributed by atoms with Gasteiger partial charge in [0, 0.05) is 56.0 Å². The number of Topliss-reactive ketones (excluding diaryl/α,β-unsaturated/α-hetero) is 4. The summed E-state index contributed by atoms with van der Waals surface area (Å²) in [5.74, 6) is 3.33. The normalized spacial score (nSPS) is 13.6. The highest BCUT2D eigenvalue weighted by Crippen LogP contribution is 2.29. The molecule has 52 heavy (non-hydrogen) atoms. The van der Waals surface area contributed by atoms with E-state index in [1.54, 1.807) is 36.4 Å². The van der Waals surface area contributed by atoms with Crippen LogP contribution in [0.4, 0.5) is 5.69 Å². The molecular weight excluding hydrogens is 866 g/mol. The second kappa shape index (κ2) is 19.4. The summed E-state index contributed by atoms with van der Waals surface area (Å²) in [5.41, 5.74) is 10.0. The molecular formula is C39H36Br3NO9. The number of fused-ring (bicyclic) bond motifs is 3. The molecule has 0 unspecified atom stereocenters. The van der Waals surface area contributed by atoms with Crippen molar-refractivity contribution in [1.29, 1.82) is 0 Å². The van der Waals surface area contributed by atoms with Gasteiger partial charge in [0.1, 0.15) is 48.6 Å². The highest BCUT2D eigenvalue weighted by Gasteiger charge is 2.19. The predicted octanol–water partition coefficient (Wildman–Crippen LogP) is 7.66. The molecule has 272 valence electrons. The van der Waals surface area contributed by atoms with Crippen LogP contribution in [0.1, 0.15) is 39.5 Å². The van der Waals surface area contributed by atoms with Gasteiger partial charge in [0.2, 0.25) is 0 Å². The number of benzene rings is 4. The van der Waals surface area contributed by atoms with Crippen molar-refractivity contribution in [3.05, 3.63) is 116 Å². The van der Waals surface area contributed by atoms with E-state index in [9.17, 15) is 19.2 Å². The van der Waals surface area contributed by atoms with Gasteiger partial charge in [0.15, 0.2) is 23.1 Å². The number of rotatable bonds is 5. The maximum Gasteiger partial charge on any atom is 0.174 e. The monoisotopic (exact) mass is 899 g/mol. The molecule has 0 amide bonds. The first-order valence-corrected chi connectivity index (χ1v) is 18.7. The smallest absolute Gasteiger partial charge is 0.174 e. The average molecular weight is 902 g/mol. The van der Waals surface area contributed by atoms with Crippen LogP contribution in [0.15, 0.2) is 88.3 Å². The zero-order chi connectivity index (χ0) is 37.8. The Morgan fingerprint density at radius 1 is 0.731 bits per heavy atom. The third-order valence-corrected chi connectivity index (χ3v) is 9.06. The SMILES string of the molecule is C=C(OCC)c1ccc2c(c1)OCC(=O)C2.Nc1ccc(Br)cc1O.O=C1COc2cc(Br)ccc2C1.O=C1COc2cc(C(=O)CBr)ccc2C1. The number of ether oxygens (including phenoxy) is 4. The fourth-order valence-electron chi connectivity index (χ4n) is 4.94. The van der Waals surface area contributed by atoms with E-state index in [-0.39, 0.29) is 48.7 Å². The number of nitrogen functional groups attached to an aromatic ring is 1. The Hall–Kier alpha value is -4.46. The van der Waals surface area contributed by atoms with Crippen molar-refractivity contribution >= 4 is 82.4 Å². The molecule has 13 heteroatoms. The number of halogens is 3. The molecule has 0 saturated heterocycles. The summed E-state index contributed by atoms with van der Waals surface area (Å²) in [6.45, 7) is 6.83. The van der Waals surface area contributed by atoms with Gasteiger partial charge in [-0.3, -0.25) is 19.2 Å². The molecule has 7 rings (SSSR count). The molecule has 0 bridgehead atoms. The number of phenols is 1. The number of aromatic hydroxyl groups is 1. The van der Waals surface area contributed by atoms with Gasteiger partial charge >= 0.3 is 0 Å². The largest absolute Gasteiger partial charge is 0.506 e. The minimum absolute atomic E-state index is 0.0123. The van der Waals surface area contributed by atoms with E-state index in [2.05, 4.69) is 54.4 Å². The second-order valence-electron chi connectivity index (χ2n) is 11.5. The van der Waals surface area contributed by atoms with Crippen LogP contribution in [-0.4, -0.2) is 60.0 Å². The van der Waals surface area contributed by atoms with E-state index in [1.165, 1.54) is 0 Å². The molecule has 0 aliphatic carbocycles. The number of hydrogen-bond donors (Lipinski definition) is 2. The zero-order valence-corrected chi connectivity index (χ0v) is 33.0. The predicted molar refractivity (Wildman–Crippen MR) is 209 cm³/mol. The Morgan fingerprint density at radius 3 is 1.65 bits per heavy atom. The van der Waals surface area contributed by atoms with Gasteiger partial charge in [0.05, 0.1) is 17.6 Å². The summed E-state index contributed by atoms with van der Waals surface area (Å²) in [6.07, 6.45) is 1.36. The van der Waals surface area contributed by atoms with Gasteiger partial charge in [0.25, 0.3) is 0 Å². The van der Waals surface area contributed by atoms with Crippen molar-refractivity contribution in [2.24, 2.45) is 0 Å². The van der Waals surface area contributed by atoms with Crippen LogP contribution >= 0.6 is 47.8 Å². The molecule has 0 radical (unpaired) electrons. The summed E-state index contributed by atoms with van der Waals surface area (Å²) >= 11 is 9.63. The number of ketones is 4. The second-order valence-corrected chi connectivity index (χ2v) is 13.9. The Bertz CT molecular complexity index is 1980. The van der Waals surface area contributed by atoms with Crippen molar-refractivity contribution < 1.29 is 43.2 Å². The number of carbonyl (C=O) groups is 4. The van der Waals surface area contributed by atoms with Gasteiger partial charge in [-0.05, 0) is 49.4 Å². The standard InChI is InChI=1S/C13H14O3.C11H9BrO3.C9H7BrO2.C6H6BrNO/c1-3-15-9(2)10-4-5-11-6-12(14)8-16-13(11)7-10;12-5-10(14)7-1-2-8-3-9(13)6-15-11(8)4-7;10-7-2-1-6-3-8(11)5-12-9(6)4-7;7-4-1-2-5(8)6(9)3-4/h4-5,7H,2-3,6,8H2,1H3;1-2,4H,3,5-6H2;1-2,4H,3,5H2;1-3,9H,8H2. The van der Waals surface area contributed by atoms with Crippen LogP contribution in [0.3, 0.4) is 0 Å². The van der Waals surface area contributed by atoms with E-state index >= 15 is 0 Å². The fraction of sp³-hybridized carbons (Fsp3) is 0.231. The topological polar surface area (TPSA) is 151 Å². The van der Waals surface area contributed by atoms with Crippen LogP contribution in [0, 0.1) is 0 Å². The highest BCUT2D eigenvalue weighted by molar-refractivity contribution is 9.10. The molecule has 0 atom stereocenters. The molecule has 3 aliphatic rings. The number of alkyl halides is 1. The Morgan fingerprint density at radius 2 is 1.17 bits per heavy atom. The van der Waals surface area contributed by atoms with Gasteiger partial charge in [-0.25, -0.2) is 0 Å². The summed E-state index contributed by atoms with van der Waals surface area (Å²) < 4.78 is 23.0.